The van der Waals surface area contributed by atoms with Crippen LogP contribution in [0.2, 0.25) is 0 Å². The fourth-order valence-electron chi connectivity index (χ4n) is 0.887. The maximum Gasteiger partial charge on any atom is 0.237 e. The normalized spacial score (nSPS) is 15.4. The van der Waals surface area contributed by atoms with Gasteiger partial charge in [-0.1, -0.05) is 0 Å². The third kappa shape index (κ3) is 4.49. The Hall–Kier alpha value is -2.62. The highest BCUT2D eigenvalue weighted by atomic mass is 19.2. The lowest BCUT2D eigenvalue weighted by Crippen LogP contribution is -2.35. The molecule has 94 valence electrons. The van der Waals surface area contributed by atoms with Crippen molar-refractivity contribution in [2.75, 3.05) is 0 Å². The number of isocyanates is 4. The second-order valence-electron chi connectivity index (χ2n) is 2.60. The van der Waals surface area contributed by atoms with Crippen LogP contribution in [0.3, 0.4) is 0 Å². The van der Waals surface area contributed by atoms with Crippen LogP contribution in [0.1, 0.15) is 0 Å². The Bertz CT molecular complexity index is 393. The molecule has 0 N–H and O–H groups in total. The van der Waals surface area contributed by atoms with Crippen LogP contribution in [0.4, 0.5) is 8.78 Å². The van der Waals surface area contributed by atoms with E-state index in [4.69, 9.17) is 0 Å². The number of halogens is 2. The fourth-order valence-corrected chi connectivity index (χ4v) is 0.887. The van der Waals surface area contributed by atoms with E-state index in [1.807, 2.05) is 0 Å². The molecule has 0 aromatic carbocycles. The molecular weight excluding hydrogens is 254 g/mol. The Morgan fingerprint density at radius 1 is 0.611 bits per heavy atom. The highest BCUT2D eigenvalue weighted by molar-refractivity contribution is 5.38. The molecule has 0 fully saturated rings. The third-order valence-electron chi connectivity index (χ3n) is 1.61. The number of nitrogens with zero attached hydrogens (tertiary/aromatic N) is 4. The van der Waals surface area contributed by atoms with Crippen LogP contribution in [0.15, 0.2) is 20.0 Å². The maximum absolute atomic E-state index is 13.4. The molecule has 0 aliphatic carbocycles. The van der Waals surface area contributed by atoms with Crippen molar-refractivity contribution in [3.05, 3.63) is 0 Å². The van der Waals surface area contributed by atoms with Gasteiger partial charge < -0.3 is 0 Å². The Labute approximate surface area is 97.9 Å². The molecule has 0 bridgehead atoms. The molecule has 0 aliphatic rings. The molecular formula is C8H4F2N4O4. The van der Waals surface area contributed by atoms with E-state index in [-0.39, 0.29) is 0 Å². The predicted molar refractivity (Wildman–Crippen MR) is 49.9 cm³/mol. The van der Waals surface area contributed by atoms with Crippen LogP contribution in [-0.2, 0) is 19.2 Å². The van der Waals surface area contributed by atoms with Crippen LogP contribution in [0.25, 0.3) is 0 Å². The van der Waals surface area contributed by atoms with Crippen molar-refractivity contribution >= 4 is 24.3 Å². The van der Waals surface area contributed by atoms with Gasteiger partial charge in [0, 0.05) is 0 Å². The predicted octanol–water partition coefficient (Wildman–Crippen LogP) is -0.342. The first-order chi connectivity index (χ1) is 8.62. The van der Waals surface area contributed by atoms with E-state index < -0.39 is 24.7 Å². The van der Waals surface area contributed by atoms with Gasteiger partial charge in [-0.25, -0.2) is 28.0 Å². The van der Waals surface area contributed by atoms with E-state index in [2.05, 4.69) is 20.0 Å². The molecule has 0 saturated carbocycles. The standard InChI is InChI=1S/C8H4F2N4O4/c9-5(7(11-1-15)12-2-16)6(10)8(13-3-17)14-4-18/h5-8H. The molecule has 0 radical (unpaired) electrons. The van der Waals surface area contributed by atoms with Gasteiger partial charge in [0.25, 0.3) is 0 Å². The third-order valence-corrected chi connectivity index (χ3v) is 1.61. The highest BCUT2D eigenvalue weighted by Gasteiger charge is 2.36. The number of alkyl halides is 2. The number of hydrogen-bond acceptors (Lipinski definition) is 8. The lowest BCUT2D eigenvalue weighted by Gasteiger charge is -2.16. The minimum Gasteiger partial charge on any atom is -0.239 e. The summed E-state index contributed by atoms with van der Waals surface area (Å²) in [5, 5.41) is 0. The van der Waals surface area contributed by atoms with Gasteiger partial charge in [-0.3, -0.25) is 0 Å². The van der Waals surface area contributed by atoms with E-state index in [0.717, 1.165) is 24.3 Å². The fraction of sp³-hybridized carbons (Fsp3) is 0.500. The first-order valence-electron chi connectivity index (χ1n) is 4.18. The summed E-state index contributed by atoms with van der Waals surface area (Å²) in [6.07, 6.45) is -5.94. The zero-order valence-electron chi connectivity index (χ0n) is 8.49. The van der Waals surface area contributed by atoms with E-state index in [9.17, 15) is 28.0 Å². The van der Waals surface area contributed by atoms with Crippen LogP contribution in [0.5, 0.6) is 0 Å². The van der Waals surface area contributed by atoms with Gasteiger partial charge in [0.1, 0.15) is 0 Å². The number of aliphatic imine (C=N–C) groups is 4. The van der Waals surface area contributed by atoms with Crippen molar-refractivity contribution in [3.63, 3.8) is 0 Å². The van der Waals surface area contributed by atoms with Gasteiger partial charge in [-0.2, -0.15) is 20.0 Å². The second-order valence-corrected chi connectivity index (χ2v) is 2.60. The Kier molecular flexibility index (Phi) is 7.28. The minimum atomic E-state index is -2.66. The van der Waals surface area contributed by atoms with Crippen molar-refractivity contribution in [1.82, 2.24) is 0 Å². The van der Waals surface area contributed by atoms with E-state index >= 15 is 0 Å². The van der Waals surface area contributed by atoms with Gasteiger partial charge in [0.15, 0.2) is 24.7 Å². The lowest BCUT2D eigenvalue weighted by molar-refractivity contribution is 0.124. The molecule has 8 nitrogen and oxygen atoms in total. The van der Waals surface area contributed by atoms with Crippen molar-refractivity contribution < 1.29 is 28.0 Å². The first kappa shape index (κ1) is 15.4. The molecule has 2 atom stereocenters. The number of carbonyl (C=O) groups excluding carboxylic acids is 4. The summed E-state index contributed by atoms with van der Waals surface area (Å²) in [5.74, 6) is 0. The molecule has 0 rings (SSSR count). The molecule has 0 heterocycles. The molecule has 0 spiro atoms. The Morgan fingerprint density at radius 3 is 1.00 bits per heavy atom. The Morgan fingerprint density at radius 2 is 0.833 bits per heavy atom. The zero-order valence-corrected chi connectivity index (χ0v) is 8.49. The summed E-state index contributed by atoms with van der Waals surface area (Å²) < 4.78 is 26.9. The minimum absolute atomic E-state index is 0.871. The van der Waals surface area contributed by atoms with E-state index in [1.165, 1.54) is 0 Å². The topological polar surface area (TPSA) is 118 Å². The van der Waals surface area contributed by atoms with Gasteiger partial charge in [-0.15, -0.1) is 0 Å². The molecule has 0 aromatic heterocycles. The summed E-state index contributed by atoms with van der Waals surface area (Å²) in [5.41, 5.74) is 0. The molecule has 0 aliphatic heterocycles. The Balaban J connectivity index is 5.18. The largest absolute Gasteiger partial charge is 0.239 e. The summed E-state index contributed by atoms with van der Waals surface area (Å²) in [7, 11) is 0. The maximum atomic E-state index is 13.4. The monoisotopic (exact) mass is 258 g/mol. The number of rotatable bonds is 7. The summed E-state index contributed by atoms with van der Waals surface area (Å²) in [6.45, 7) is 0. The van der Waals surface area contributed by atoms with Crippen molar-refractivity contribution in [1.29, 1.82) is 0 Å². The molecule has 0 aromatic rings. The van der Waals surface area contributed by atoms with Crippen molar-refractivity contribution in [3.8, 4) is 0 Å². The van der Waals surface area contributed by atoms with Gasteiger partial charge in [-0.05, 0) is 0 Å². The van der Waals surface area contributed by atoms with Crippen LogP contribution < -0.4 is 0 Å². The summed E-state index contributed by atoms with van der Waals surface area (Å²) in [6, 6.07) is 0. The molecule has 0 saturated heterocycles. The van der Waals surface area contributed by atoms with Gasteiger partial charge >= 0.3 is 0 Å². The average molecular weight is 258 g/mol. The molecule has 10 heteroatoms. The molecule has 2 unspecified atom stereocenters. The van der Waals surface area contributed by atoms with Crippen molar-refractivity contribution in [2.45, 2.75) is 24.7 Å². The van der Waals surface area contributed by atoms with Crippen LogP contribution in [0, 0.1) is 0 Å². The van der Waals surface area contributed by atoms with Gasteiger partial charge in [0.05, 0.1) is 0 Å². The van der Waals surface area contributed by atoms with E-state index in [0.29, 0.717) is 0 Å². The van der Waals surface area contributed by atoms with E-state index in [1.54, 1.807) is 0 Å². The smallest absolute Gasteiger partial charge is 0.237 e. The van der Waals surface area contributed by atoms with Crippen LogP contribution in [-0.4, -0.2) is 49.0 Å². The molecule has 0 amide bonds. The average Bonchev–Trinajstić information content (AvgIpc) is 2.36. The second kappa shape index (κ2) is 8.52. The quantitative estimate of drug-likeness (QED) is 0.458. The SMILES string of the molecule is O=C=NC(N=C=O)C(F)C(F)C(N=C=O)N=C=O. The number of hydrogen-bond donors (Lipinski definition) is 0. The summed E-state index contributed by atoms with van der Waals surface area (Å²) >= 11 is 0. The van der Waals surface area contributed by atoms with Crippen LogP contribution >= 0.6 is 0 Å². The molecule has 18 heavy (non-hydrogen) atoms. The summed E-state index contributed by atoms with van der Waals surface area (Å²) in [4.78, 5) is 50.4. The zero-order chi connectivity index (χ0) is 14.0. The lowest BCUT2D eigenvalue weighted by atomic mass is 10.1. The van der Waals surface area contributed by atoms with Crippen molar-refractivity contribution in [2.24, 2.45) is 20.0 Å². The van der Waals surface area contributed by atoms with Gasteiger partial charge in [0.2, 0.25) is 24.3 Å². The highest BCUT2D eigenvalue weighted by Crippen LogP contribution is 2.18. The first-order valence-corrected chi connectivity index (χ1v) is 4.18.